The summed E-state index contributed by atoms with van der Waals surface area (Å²) in [5.74, 6) is 0.594. The highest BCUT2D eigenvalue weighted by molar-refractivity contribution is 9.10. The van der Waals surface area contributed by atoms with Gasteiger partial charge in [0.1, 0.15) is 5.60 Å². The fraction of sp³-hybridized carbons (Fsp3) is 0.545. The van der Waals surface area contributed by atoms with Gasteiger partial charge in [0, 0.05) is 59.5 Å². The summed E-state index contributed by atoms with van der Waals surface area (Å²) in [6.07, 6.45) is 6.87. The van der Waals surface area contributed by atoms with Crippen LogP contribution in [0.25, 0.3) is 10.8 Å². The summed E-state index contributed by atoms with van der Waals surface area (Å²) in [7, 11) is 0. The molecule has 2 aliphatic heterocycles. The Morgan fingerprint density at radius 2 is 1.96 bits per heavy atom. The number of pyridine rings is 1. The van der Waals surface area contributed by atoms with Gasteiger partial charge >= 0.3 is 6.09 Å². The van der Waals surface area contributed by atoms with E-state index < -0.39 is 5.60 Å². The van der Waals surface area contributed by atoms with Crippen LogP contribution in [0.1, 0.15) is 39.2 Å². The Morgan fingerprint density at radius 3 is 2.68 bits per heavy atom. The first kappa shape index (κ1) is 19.5. The summed E-state index contributed by atoms with van der Waals surface area (Å²) >= 11 is 3.66. The van der Waals surface area contributed by atoms with Gasteiger partial charge in [0.25, 0.3) is 0 Å². The molecule has 0 aliphatic carbocycles. The molecule has 1 aromatic heterocycles. The van der Waals surface area contributed by atoms with Gasteiger partial charge in [-0.25, -0.2) is 4.79 Å². The zero-order valence-electron chi connectivity index (χ0n) is 16.9. The highest BCUT2D eigenvalue weighted by Crippen LogP contribution is 2.37. The zero-order chi connectivity index (χ0) is 19.9. The summed E-state index contributed by atoms with van der Waals surface area (Å²) in [5, 5.41) is 2.54. The molecule has 6 heteroatoms. The number of carbonyl (C=O) groups excluding carboxylic acids is 1. The lowest BCUT2D eigenvalue weighted by atomic mass is 9.93. The smallest absolute Gasteiger partial charge is 0.410 e. The highest BCUT2D eigenvalue weighted by Gasteiger charge is 2.29. The summed E-state index contributed by atoms with van der Waals surface area (Å²) in [5.41, 5.74) is 2.22. The molecule has 1 aromatic carbocycles. The number of aromatic nitrogens is 1. The predicted octanol–water partition coefficient (Wildman–Crippen LogP) is 5.01. The Kier molecular flexibility index (Phi) is 5.25. The van der Waals surface area contributed by atoms with Gasteiger partial charge in [-0.05, 0) is 63.6 Å². The van der Waals surface area contributed by atoms with E-state index in [2.05, 4.69) is 37.9 Å². The van der Waals surface area contributed by atoms with Gasteiger partial charge in [-0.2, -0.15) is 0 Å². The maximum absolute atomic E-state index is 12.3. The predicted molar refractivity (Wildman–Crippen MR) is 116 cm³/mol. The number of rotatable bonds is 2. The summed E-state index contributed by atoms with van der Waals surface area (Å²) < 4.78 is 6.62. The van der Waals surface area contributed by atoms with Crippen LogP contribution in [-0.2, 0) is 11.2 Å². The first-order valence-corrected chi connectivity index (χ1v) is 10.9. The van der Waals surface area contributed by atoms with E-state index in [-0.39, 0.29) is 6.09 Å². The minimum atomic E-state index is -0.434. The number of benzene rings is 1. The zero-order valence-corrected chi connectivity index (χ0v) is 18.5. The number of nitrogens with zero attached hydrogens (tertiary/aromatic N) is 3. The number of piperidine rings is 1. The fourth-order valence-electron chi connectivity index (χ4n) is 4.28. The molecule has 0 unspecified atom stereocenters. The molecule has 1 saturated heterocycles. The van der Waals surface area contributed by atoms with Crippen molar-refractivity contribution in [3.63, 3.8) is 0 Å². The lowest BCUT2D eigenvalue weighted by Gasteiger charge is -2.38. The first-order chi connectivity index (χ1) is 13.3. The monoisotopic (exact) mass is 445 g/mol. The molecular weight excluding hydrogens is 418 g/mol. The Hall–Kier alpha value is -1.82. The van der Waals surface area contributed by atoms with Crippen molar-refractivity contribution in [2.75, 3.05) is 31.1 Å². The van der Waals surface area contributed by atoms with Crippen molar-refractivity contribution in [3.05, 3.63) is 34.6 Å². The molecule has 0 atom stereocenters. The van der Waals surface area contributed by atoms with Gasteiger partial charge in [0.2, 0.25) is 0 Å². The maximum Gasteiger partial charge on any atom is 0.410 e. The number of likely N-dealkylation sites (tertiary alicyclic amines) is 1. The number of anilines is 1. The van der Waals surface area contributed by atoms with Crippen molar-refractivity contribution < 1.29 is 9.53 Å². The summed E-state index contributed by atoms with van der Waals surface area (Å²) in [6.45, 7) is 9.37. The Balaban J connectivity index is 1.44. The van der Waals surface area contributed by atoms with E-state index in [1.54, 1.807) is 0 Å². The lowest BCUT2D eigenvalue weighted by Crippen LogP contribution is -2.44. The van der Waals surface area contributed by atoms with Crippen molar-refractivity contribution in [1.29, 1.82) is 0 Å². The molecule has 28 heavy (non-hydrogen) atoms. The van der Waals surface area contributed by atoms with Gasteiger partial charge in [0.05, 0.1) is 0 Å². The van der Waals surface area contributed by atoms with Crippen LogP contribution in [0.15, 0.2) is 29.0 Å². The average Bonchev–Trinajstić information content (AvgIpc) is 2.63. The molecule has 2 aliphatic rings. The third kappa shape index (κ3) is 4.12. The second kappa shape index (κ2) is 7.54. The molecule has 0 radical (unpaired) electrons. The largest absolute Gasteiger partial charge is 0.444 e. The quantitative estimate of drug-likeness (QED) is 0.651. The Bertz CT molecular complexity index is 885. The molecule has 0 bridgehead atoms. The maximum atomic E-state index is 12.3. The summed E-state index contributed by atoms with van der Waals surface area (Å²) in [6, 6.07) is 4.39. The molecule has 2 aromatic rings. The minimum absolute atomic E-state index is 0.181. The van der Waals surface area contributed by atoms with Gasteiger partial charge in [-0.1, -0.05) is 15.9 Å². The van der Waals surface area contributed by atoms with Crippen molar-refractivity contribution in [1.82, 2.24) is 9.88 Å². The van der Waals surface area contributed by atoms with Crippen molar-refractivity contribution >= 4 is 38.5 Å². The van der Waals surface area contributed by atoms with Crippen LogP contribution >= 0.6 is 15.9 Å². The van der Waals surface area contributed by atoms with E-state index in [1.807, 2.05) is 38.1 Å². The number of hydrogen-bond donors (Lipinski definition) is 0. The van der Waals surface area contributed by atoms with Crippen LogP contribution in [0.3, 0.4) is 0 Å². The average molecular weight is 446 g/mol. The molecule has 3 heterocycles. The molecule has 0 N–H and O–H groups in total. The van der Waals surface area contributed by atoms with E-state index in [4.69, 9.17) is 4.74 Å². The van der Waals surface area contributed by atoms with Gasteiger partial charge in [-0.15, -0.1) is 0 Å². The highest BCUT2D eigenvalue weighted by atomic mass is 79.9. The van der Waals surface area contributed by atoms with E-state index in [0.717, 1.165) is 49.9 Å². The Morgan fingerprint density at radius 1 is 1.21 bits per heavy atom. The standard InChI is InChI=1S/C22H28BrN3O2/c1-22(2,3)28-21(27)25-7-4-15(5-8-25)14-26-9-6-16-12-24-13-17-10-18(23)11-19(26)20(16)17/h10-13,15H,4-9,14H2,1-3H3. The van der Waals surface area contributed by atoms with Gasteiger partial charge < -0.3 is 14.5 Å². The molecule has 4 rings (SSSR count). The second-order valence-electron chi connectivity index (χ2n) is 8.93. The summed E-state index contributed by atoms with van der Waals surface area (Å²) in [4.78, 5) is 21.1. The van der Waals surface area contributed by atoms with E-state index in [1.165, 1.54) is 22.0 Å². The normalized spacial score (nSPS) is 17.9. The third-order valence-electron chi connectivity index (χ3n) is 5.61. The lowest BCUT2D eigenvalue weighted by molar-refractivity contribution is 0.0186. The molecule has 0 spiro atoms. The number of hydrogen-bond acceptors (Lipinski definition) is 4. The SMILES string of the molecule is CC(C)(C)OC(=O)N1CCC(CN2CCc3cncc4cc(Br)cc2c34)CC1. The molecule has 150 valence electrons. The van der Waals surface area contributed by atoms with Crippen LogP contribution in [0.5, 0.6) is 0 Å². The van der Waals surface area contributed by atoms with Crippen LogP contribution in [-0.4, -0.2) is 47.8 Å². The van der Waals surface area contributed by atoms with Crippen LogP contribution in [0.2, 0.25) is 0 Å². The van der Waals surface area contributed by atoms with Crippen molar-refractivity contribution in [2.24, 2.45) is 5.92 Å². The molecule has 5 nitrogen and oxygen atoms in total. The van der Waals surface area contributed by atoms with Crippen LogP contribution in [0.4, 0.5) is 10.5 Å². The van der Waals surface area contributed by atoms with Gasteiger partial charge in [-0.3, -0.25) is 4.98 Å². The molecular formula is C22H28BrN3O2. The number of halogens is 1. The van der Waals surface area contributed by atoms with E-state index >= 15 is 0 Å². The number of ether oxygens (including phenoxy) is 1. The van der Waals surface area contributed by atoms with Crippen molar-refractivity contribution in [3.8, 4) is 0 Å². The molecule has 0 saturated carbocycles. The topological polar surface area (TPSA) is 45.7 Å². The molecule has 1 fully saturated rings. The minimum Gasteiger partial charge on any atom is -0.444 e. The second-order valence-corrected chi connectivity index (χ2v) is 9.84. The van der Waals surface area contributed by atoms with E-state index in [0.29, 0.717) is 5.92 Å². The Labute approximate surface area is 175 Å². The molecule has 1 amide bonds. The van der Waals surface area contributed by atoms with Crippen LogP contribution in [0, 0.1) is 5.92 Å². The fourth-order valence-corrected chi connectivity index (χ4v) is 4.74. The number of amides is 1. The third-order valence-corrected chi connectivity index (χ3v) is 6.07. The van der Waals surface area contributed by atoms with Crippen molar-refractivity contribution in [2.45, 2.75) is 45.6 Å². The van der Waals surface area contributed by atoms with E-state index in [9.17, 15) is 4.79 Å². The first-order valence-electron chi connectivity index (χ1n) is 10.1. The van der Waals surface area contributed by atoms with Gasteiger partial charge in [0.15, 0.2) is 0 Å². The number of carbonyl (C=O) groups is 1. The van der Waals surface area contributed by atoms with Crippen LogP contribution < -0.4 is 4.90 Å².